The van der Waals surface area contributed by atoms with Crippen molar-refractivity contribution in [2.24, 2.45) is 0 Å². The minimum Gasteiger partial charge on any atom is -0.380 e. The maximum absolute atomic E-state index is 13.0. The van der Waals surface area contributed by atoms with E-state index >= 15 is 0 Å². The van der Waals surface area contributed by atoms with E-state index in [1.807, 2.05) is 0 Å². The van der Waals surface area contributed by atoms with Gasteiger partial charge in [-0.3, -0.25) is 0 Å². The zero-order chi connectivity index (χ0) is 13.5. The third kappa shape index (κ3) is 4.23. The van der Waals surface area contributed by atoms with Gasteiger partial charge >= 0.3 is 0 Å². The highest BCUT2D eigenvalue weighted by atomic mass is 35.5. The molecule has 0 aliphatic heterocycles. The second-order valence-corrected chi connectivity index (χ2v) is 4.69. The number of nitrogens with one attached hydrogen (secondary N) is 1. The Bertz CT molecular complexity index is 369. The van der Waals surface area contributed by atoms with Crippen LogP contribution in [0.25, 0.3) is 0 Å². The van der Waals surface area contributed by atoms with Crippen LogP contribution in [0, 0.1) is 5.82 Å². The minimum absolute atomic E-state index is 0.131. The highest BCUT2D eigenvalue weighted by Crippen LogP contribution is 2.20. The van der Waals surface area contributed by atoms with Crippen molar-refractivity contribution in [1.29, 1.82) is 0 Å². The molecular weight excluding hydrogens is 253 g/mol. The van der Waals surface area contributed by atoms with Crippen molar-refractivity contribution in [3.63, 3.8) is 0 Å². The molecule has 0 aromatic heterocycles. The van der Waals surface area contributed by atoms with E-state index in [1.54, 1.807) is 13.2 Å². The van der Waals surface area contributed by atoms with E-state index in [9.17, 15) is 4.39 Å². The molecule has 0 radical (unpaired) electrons. The molecule has 0 bridgehead atoms. The third-order valence-electron chi connectivity index (χ3n) is 3.08. The summed E-state index contributed by atoms with van der Waals surface area (Å²) in [6.07, 6.45) is 1.79. The second kappa shape index (κ2) is 7.72. The number of ether oxygens (including phenoxy) is 1. The lowest BCUT2D eigenvalue weighted by atomic mass is 9.99. The van der Waals surface area contributed by atoms with Gasteiger partial charge in [-0.05, 0) is 37.1 Å². The van der Waals surface area contributed by atoms with E-state index in [2.05, 4.69) is 19.2 Å². The van der Waals surface area contributed by atoms with E-state index < -0.39 is 0 Å². The average molecular weight is 274 g/mol. The van der Waals surface area contributed by atoms with Crippen LogP contribution in [0.5, 0.6) is 0 Å². The van der Waals surface area contributed by atoms with E-state index in [0.717, 1.165) is 24.9 Å². The molecule has 1 aromatic carbocycles. The van der Waals surface area contributed by atoms with E-state index in [4.69, 9.17) is 16.3 Å². The molecule has 2 atom stereocenters. The first-order valence-corrected chi connectivity index (χ1v) is 6.70. The molecule has 18 heavy (non-hydrogen) atoms. The molecule has 1 aromatic rings. The summed E-state index contributed by atoms with van der Waals surface area (Å²) in [7, 11) is 1.71. The fraction of sp³-hybridized carbons (Fsp3) is 0.571. The van der Waals surface area contributed by atoms with E-state index in [-0.39, 0.29) is 18.0 Å². The SMILES string of the molecule is CCNC(Cc1ccc(F)cc1Cl)C(CC)OC. The molecular formula is C14H21ClFNO. The van der Waals surface area contributed by atoms with Gasteiger partial charge in [0, 0.05) is 18.2 Å². The Hall–Kier alpha value is -0.640. The summed E-state index contributed by atoms with van der Waals surface area (Å²) in [4.78, 5) is 0. The highest BCUT2D eigenvalue weighted by molar-refractivity contribution is 6.31. The maximum atomic E-state index is 13.0. The van der Waals surface area contributed by atoms with Gasteiger partial charge < -0.3 is 10.1 Å². The molecule has 0 aliphatic rings. The van der Waals surface area contributed by atoms with Crippen LogP contribution in [0.4, 0.5) is 4.39 Å². The minimum atomic E-state index is -0.303. The van der Waals surface area contributed by atoms with Crippen LogP contribution in [0.3, 0.4) is 0 Å². The van der Waals surface area contributed by atoms with Gasteiger partial charge in [0.15, 0.2) is 0 Å². The number of likely N-dealkylation sites (N-methyl/N-ethyl adjacent to an activating group) is 1. The summed E-state index contributed by atoms with van der Waals surface area (Å²) in [5, 5.41) is 3.87. The van der Waals surface area contributed by atoms with Gasteiger partial charge in [-0.15, -0.1) is 0 Å². The smallest absolute Gasteiger partial charge is 0.124 e. The fourth-order valence-electron chi connectivity index (χ4n) is 2.14. The summed E-state index contributed by atoms with van der Waals surface area (Å²) in [6.45, 7) is 5.01. The Balaban J connectivity index is 2.82. The lowest BCUT2D eigenvalue weighted by molar-refractivity contribution is 0.0658. The first-order chi connectivity index (χ1) is 8.62. The van der Waals surface area contributed by atoms with Crippen molar-refractivity contribution < 1.29 is 9.13 Å². The average Bonchev–Trinajstić information content (AvgIpc) is 2.34. The van der Waals surface area contributed by atoms with Crippen LogP contribution in [-0.2, 0) is 11.2 Å². The topological polar surface area (TPSA) is 21.3 Å². The Morgan fingerprint density at radius 3 is 2.61 bits per heavy atom. The second-order valence-electron chi connectivity index (χ2n) is 4.29. The maximum Gasteiger partial charge on any atom is 0.124 e. The number of methoxy groups -OCH3 is 1. The number of benzene rings is 1. The first-order valence-electron chi connectivity index (χ1n) is 6.32. The Morgan fingerprint density at radius 2 is 2.11 bits per heavy atom. The fourth-order valence-corrected chi connectivity index (χ4v) is 2.38. The van der Waals surface area contributed by atoms with Crippen molar-refractivity contribution in [2.75, 3.05) is 13.7 Å². The van der Waals surface area contributed by atoms with Crippen molar-refractivity contribution in [3.8, 4) is 0 Å². The quantitative estimate of drug-likeness (QED) is 0.822. The van der Waals surface area contributed by atoms with Crippen molar-refractivity contribution in [3.05, 3.63) is 34.6 Å². The Morgan fingerprint density at radius 1 is 1.39 bits per heavy atom. The Labute approximate surface area is 113 Å². The third-order valence-corrected chi connectivity index (χ3v) is 3.43. The first kappa shape index (κ1) is 15.4. The molecule has 0 saturated heterocycles. The summed E-state index contributed by atoms with van der Waals surface area (Å²) in [6, 6.07) is 4.73. The van der Waals surface area contributed by atoms with E-state index in [1.165, 1.54) is 12.1 Å². The van der Waals surface area contributed by atoms with Crippen molar-refractivity contribution >= 4 is 11.6 Å². The summed E-state index contributed by atoms with van der Waals surface area (Å²) >= 11 is 6.06. The van der Waals surface area contributed by atoms with Crippen LogP contribution in [-0.4, -0.2) is 25.8 Å². The molecule has 0 fully saturated rings. The molecule has 0 aliphatic carbocycles. The molecule has 0 heterocycles. The van der Waals surface area contributed by atoms with Gasteiger partial charge in [0.05, 0.1) is 6.10 Å². The number of halogens is 2. The number of hydrogen-bond acceptors (Lipinski definition) is 2. The molecule has 102 valence electrons. The lowest BCUT2D eigenvalue weighted by Gasteiger charge is -2.26. The molecule has 1 N–H and O–H groups in total. The molecule has 0 saturated carbocycles. The van der Waals surface area contributed by atoms with Gasteiger partial charge in [-0.2, -0.15) is 0 Å². The summed E-state index contributed by atoms with van der Waals surface area (Å²) < 4.78 is 18.5. The van der Waals surface area contributed by atoms with E-state index in [0.29, 0.717) is 5.02 Å². The van der Waals surface area contributed by atoms with Crippen LogP contribution in [0.15, 0.2) is 18.2 Å². The highest BCUT2D eigenvalue weighted by Gasteiger charge is 2.20. The van der Waals surface area contributed by atoms with Gasteiger partial charge in [0.2, 0.25) is 0 Å². The van der Waals surface area contributed by atoms with Crippen LogP contribution < -0.4 is 5.32 Å². The summed E-state index contributed by atoms with van der Waals surface area (Å²) in [5.74, 6) is -0.303. The number of rotatable bonds is 7. The van der Waals surface area contributed by atoms with Crippen LogP contribution >= 0.6 is 11.6 Å². The lowest BCUT2D eigenvalue weighted by Crippen LogP contribution is -2.42. The number of hydrogen-bond donors (Lipinski definition) is 1. The molecule has 4 heteroatoms. The molecule has 1 rings (SSSR count). The predicted molar refractivity (Wildman–Crippen MR) is 73.7 cm³/mol. The molecule has 2 unspecified atom stereocenters. The van der Waals surface area contributed by atoms with Gasteiger partial charge in [-0.25, -0.2) is 4.39 Å². The van der Waals surface area contributed by atoms with Crippen molar-refractivity contribution in [1.82, 2.24) is 5.32 Å². The van der Waals surface area contributed by atoms with Crippen LogP contribution in [0.1, 0.15) is 25.8 Å². The largest absolute Gasteiger partial charge is 0.380 e. The molecule has 2 nitrogen and oxygen atoms in total. The monoisotopic (exact) mass is 273 g/mol. The normalized spacial score (nSPS) is 14.5. The zero-order valence-electron chi connectivity index (χ0n) is 11.2. The van der Waals surface area contributed by atoms with Gasteiger partial charge in [0.25, 0.3) is 0 Å². The molecule has 0 spiro atoms. The standard InChI is InChI=1S/C14H21ClFNO/c1-4-14(18-3)13(17-5-2)8-10-6-7-11(16)9-12(10)15/h6-7,9,13-14,17H,4-5,8H2,1-3H3. The van der Waals surface area contributed by atoms with Gasteiger partial charge in [0.1, 0.15) is 5.82 Å². The Kier molecular flexibility index (Phi) is 6.61. The van der Waals surface area contributed by atoms with Gasteiger partial charge in [-0.1, -0.05) is 31.5 Å². The van der Waals surface area contributed by atoms with Crippen LogP contribution in [0.2, 0.25) is 5.02 Å². The van der Waals surface area contributed by atoms with Crippen molar-refractivity contribution in [2.45, 2.75) is 38.8 Å². The zero-order valence-corrected chi connectivity index (χ0v) is 11.9. The summed E-state index contributed by atoms with van der Waals surface area (Å²) in [5.41, 5.74) is 0.944. The predicted octanol–water partition coefficient (Wildman–Crippen LogP) is 3.42. The molecule has 0 amide bonds.